The van der Waals surface area contributed by atoms with E-state index in [1.807, 2.05) is 20.2 Å². The van der Waals surface area contributed by atoms with Crippen molar-refractivity contribution in [2.75, 3.05) is 6.61 Å². The molecule has 6 heteroatoms. The van der Waals surface area contributed by atoms with Crippen molar-refractivity contribution >= 4 is 5.97 Å². The maximum Gasteiger partial charge on any atom is 0.341 e. The Bertz CT molecular complexity index is 592. The molecule has 2 rings (SSSR count). The Morgan fingerprint density at radius 1 is 1.37 bits per heavy atom. The first-order chi connectivity index (χ1) is 9.15. The summed E-state index contributed by atoms with van der Waals surface area (Å²) in [6.45, 7) is 4.05. The minimum Gasteiger partial charge on any atom is -0.462 e. The number of aryl methyl sites for hydroxylation is 2. The van der Waals surface area contributed by atoms with Crippen molar-refractivity contribution in [2.45, 2.75) is 20.3 Å². The number of rotatable bonds is 4. The van der Waals surface area contributed by atoms with Crippen molar-refractivity contribution in [1.82, 2.24) is 19.7 Å². The van der Waals surface area contributed by atoms with Gasteiger partial charge in [-0.2, -0.15) is 5.10 Å². The van der Waals surface area contributed by atoms with Gasteiger partial charge in [0.05, 0.1) is 29.6 Å². The average Bonchev–Trinajstić information content (AvgIpc) is 2.85. The molecule has 0 spiro atoms. The zero-order valence-electron chi connectivity index (χ0n) is 11.3. The van der Waals surface area contributed by atoms with Crippen LogP contribution in [0.2, 0.25) is 0 Å². The number of carbonyl (C=O) groups excluding carboxylic acids is 1. The lowest BCUT2D eigenvalue weighted by atomic mass is 10.2. The van der Waals surface area contributed by atoms with E-state index < -0.39 is 0 Å². The molecular weight excluding hydrogens is 244 g/mol. The van der Waals surface area contributed by atoms with Gasteiger partial charge in [-0.1, -0.05) is 6.92 Å². The Labute approximate surface area is 111 Å². The van der Waals surface area contributed by atoms with Crippen LogP contribution in [0.15, 0.2) is 18.6 Å². The lowest BCUT2D eigenvalue weighted by molar-refractivity contribution is 0.0524. The molecule has 0 atom stereocenters. The zero-order chi connectivity index (χ0) is 13.8. The number of nitrogens with zero attached hydrogens (tertiary/aromatic N) is 4. The molecule has 6 nitrogen and oxygen atoms in total. The van der Waals surface area contributed by atoms with Crippen LogP contribution in [0.4, 0.5) is 0 Å². The van der Waals surface area contributed by atoms with E-state index in [1.165, 1.54) is 6.20 Å². The average molecular weight is 260 g/mol. The Hall–Kier alpha value is -2.24. The molecule has 19 heavy (non-hydrogen) atoms. The largest absolute Gasteiger partial charge is 0.462 e. The maximum absolute atomic E-state index is 11.8. The van der Waals surface area contributed by atoms with Crippen molar-refractivity contribution in [3.63, 3.8) is 0 Å². The van der Waals surface area contributed by atoms with Gasteiger partial charge in [-0.15, -0.1) is 0 Å². The molecule has 0 amide bonds. The molecule has 0 aliphatic carbocycles. The lowest BCUT2D eigenvalue weighted by Crippen LogP contribution is -2.10. The van der Waals surface area contributed by atoms with Gasteiger partial charge < -0.3 is 4.74 Å². The highest BCUT2D eigenvalue weighted by Gasteiger charge is 2.15. The summed E-state index contributed by atoms with van der Waals surface area (Å²) >= 11 is 0. The van der Waals surface area contributed by atoms with E-state index in [1.54, 1.807) is 17.8 Å². The third kappa shape index (κ3) is 2.78. The topological polar surface area (TPSA) is 69.9 Å². The van der Waals surface area contributed by atoms with Gasteiger partial charge in [0.1, 0.15) is 0 Å². The Balaban J connectivity index is 2.38. The smallest absolute Gasteiger partial charge is 0.341 e. The van der Waals surface area contributed by atoms with Crippen molar-refractivity contribution in [3.05, 3.63) is 29.8 Å². The van der Waals surface area contributed by atoms with E-state index in [9.17, 15) is 4.79 Å². The summed E-state index contributed by atoms with van der Waals surface area (Å²) in [4.78, 5) is 20.4. The Morgan fingerprint density at radius 3 is 2.74 bits per heavy atom. The fourth-order valence-electron chi connectivity index (χ4n) is 1.74. The van der Waals surface area contributed by atoms with Gasteiger partial charge in [0.25, 0.3) is 0 Å². The van der Waals surface area contributed by atoms with Crippen LogP contribution >= 0.6 is 0 Å². The van der Waals surface area contributed by atoms with E-state index in [2.05, 4.69) is 15.1 Å². The standard InChI is InChI=1S/C13H16N4O2/c1-4-11-10(13(18)19-5-2)7-14-12(16-11)9-6-15-17(3)8-9/h6-8H,4-5H2,1-3H3. The van der Waals surface area contributed by atoms with Crippen molar-refractivity contribution in [2.24, 2.45) is 7.05 Å². The number of ether oxygens (including phenoxy) is 1. The first-order valence-electron chi connectivity index (χ1n) is 6.17. The van der Waals surface area contributed by atoms with Gasteiger partial charge in [-0.05, 0) is 13.3 Å². The molecule has 0 aromatic carbocycles. The minimum absolute atomic E-state index is 0.340. The Kier molecular flexibility index (Phi) is 3.89. The molecule has 2 heterocycles. The fourth-order valence-corrected chi connectivity index (χ4v) is 1.74. The van der Waals surface area contributed by atoms with Gasteiger partial charge in [-0.25, -0.2) is 14.8 Å². The van der Waals surface area contributed by atoms with Crippen LogP contribution < -0.4 is 0 Å². The second-order valence-electron chi connectivity index (χ2n) is 4.03. The summed E-state index contributed by atoms with van der Waals surface area (Å²) in [5.41, 5.74) is 1.94. The Morgan fingerprint density at radius 2 is 2.16 bits per heavy atom. The van der Waals surface area contributed by atoms with E-state index in [0.717, 1.165) is 5.56 Å². The minimum atomic E-state index is -0.378. The normalized spacial score (nSPS) is 10.5. The number of hydrogen-bond acceptors (Lipinski definition) is 5. The molecule has 0 fully saturated rings. The van der Waals surface area contributed by atoms with Crippen molar-refractivity contribution in [1.29, 1.82) is 0 Å². The first kappa shape index (κ1) is 13.2. The molecule has 0 saturated heterocycles. The molecule has 100 valence electrons. The third-order valence-corrected chi connectivity index (χ3v) is 2.66. The summed E-state index contributed by atoms with van der Waals surface area (Å²) in [7, 11) is 1.83. The van der Waals surface area contributed by atoms with E-state index >= 15 is 0 Å². The summed E-state index contributed by atoms with van der Waals surface area (Å²) in [5.74, 6) is 0.190. The molecule has 0 radical (unpaired) electrons. The quantitative estimate of drug-likeness (QED) is 0.781. The van der Waals surface area contributed by atoms with Crippen LogP contribution in [-0.2, 0) is 18.2 Å². The molecule has 0 aliphatic rings. The molecule has 2 aromatic heterocycles. The number of esters is 1. The molecule has 2 aromatic rings. The van der Waals surface area contributed by atoms with Gasteiger partial charge in [-0.3, -0.25) is 4.68 Å². The highest BCUT2D eigenvalue weighted by atomic mass is 16.5. The second kappa shape index (κ2) is 5.60. The first-order valence-corrected chi connectivity index (χ1v) is 6.17. The summed E-state index contributed by atoms with van der Waals surface area (Å²) < 4.78 is 6.67. The van der Waals surface area contributed by atoms with E-state index in [4.69, 9.17) is 4.74 Å². The SMILES string of the molecule is CCOC(=O)c1cnc(-c2cnn(C)c2)nc1CC. The van der Waals surface area contributed by atoms with E-state index in [-0.39, 0.29) is 5.97 Å². The number of aromatic nitrogens is 4. The van der Waals surface area contributed by atoms with Crippen LogP contribution in [0.3, 0.4) is 0 Å². The second-order valence-corrected chi connectivity index (χ2v) is 4.03. The van der Waals surface area contributed by atoms with Crippen LogP contribution in [-0.4, -0.2) is 32.3 Å². The third-order valence-electron chi connectivity index (χ3n) is 2.66. The fraction of sp³-hybridized carbons (Fsp3) is 0.385. The molecule has 0 unspecified atom stereocenters. The van der Waals surface area contributed by atoms with Crippen LogP contribution in [0.5, 0.6) is 0 Å². The lowest BCUT2D eigenvalue weighted by Gasteiger charge is -2.07. The molecule has 0 saturated carbocycles. The highest BCUT2D eigenvalue weighted by molar-refractivity contribution is 5.90. The highest BCUT2D eigenvalue weighted by Crippen LogP contribution is 2.16. The molecule has 0 bridgehead atoms. The van der Waals surface area contributed by atoms with Gasteiger partial charge in [0, 0.05) is 19.4 Å². The number of carbonyl (C=O) groups is 1. The molecular formula is C13H16N4O2. The van der Waals surface area contributed by atoms with Gasteiger partial charge in [0.2, 0.25) is 0 Å². The van der Waals surface area contributed by atoms with Crippen molar-refractivity contribution < 1.29 is 9.53 Å². The predicted octanol–water partition coefficient (Wildman–Crippen LogP) is 1.62. The van der Waals surface area contributed by atoms with Gasteiger partial charge >= 0.3 is 5.97 Å². The number of hydrogen-bond donors (Lipinski definition) is 0. The van der Waals surface area contributed by atoms with Crippen LogP contribution in [0.25, 0.3) is 11.4 Å². The van der Waals surface area contributed by atoms with Crippen LogP contribution in [0, 0.1) is 0 Å². The predicted molar refractivity (Wildman–Crippen MR) is 69.6 cm³/mol. The summed E-state index contributed by atoms with van der Waals surface area (Å²) in [6.07, 6.45) is 5.69. The maximum atomic E-state index is 11.8. The molecule has 0 aliphatic heterocycles. The van der Waals surface area contributed by atoms with Crippen molar-refractivity contribution in [3.8, 4) is 11.4 Å². The zero-order valence-corrected chi connectivity index (χ0v) is 11.3. The monoisotopic (exact) mass is 260 g/mol. The van der Waals surface area contributed by atoms with E-state index in [0.29, 0.717) is 30.1 Å². The van der Waals surface area contributed by atoms with Crippen LogP contribution in [0.1, 0.15) is 29.9 Å². The summed E-state index contributed by atoms with van der Waals surface area (Å²) in [6, 6.07) is 0. The van der Waals surface area contributed by atoms with Gasteiger partial charge in [0.15, 0.2) is 5.82 Å². The summed E-state index contributed by atoms with van der Waals surface area (Å²) in [5, 5.41) is 4.08. The molecule has 0 N–H and O–H groups in total.